The lowest BCUT2D eigenvalue weighted by molar-refractivity contribution is -0.141. The van der Waals surface area contributed by atoms with Crippen LogP contribution in [-0.4, -0.2) is 25.3 Å². The van der Waals surface area contributed by atoms with Gasteiger partial charge in [-0.1, -0.05) is 12.1 Å². The number of primary sulfonamides is 1. The summed E-state index contributed by atoms with van der Waals surface area (Å²) < 4.78 is 83.1. The Morgan fingerprint density at radius 1 is 1.11 bits per heavy atom. The number of para-hydroxylation sites is 1. The molecular weight excluding hydrogens is 402 g/mol. The zero-order valence-corrected chi connectivity index (χ0v) is 15.1. The number of nitrogens with zero attached hydrogens (tertiary/aromatic N) is 2. The van der Waals surface area contributed by atoms with Crippen LogP contribution in [0.15, 0.2) is 53.4 Å². The van der Waals surface area contributed by atoms with Crippen LogP contribution in [0.4, 0.5) is 17.6 Å². The molecule has 0 aliphatic heterocycles. The van der Waals surface area contributed by atoms with Gasteiger partial charge in [0.1, 0.15) is 4.90 Å². The van der Waals surface area contributed by atoms with Crippen LogP contribution in [0.2, 0.25) is 0 Å². The SMILES string of the molecule is COc1ccc(-c2cc(C(F)(F)F)nn2-c2ccccc2S(N)(=O)=O)cc1F. The van der Waals surface area contributed by atoms with Crippen molar-refractivity contribution < 1.29 is 30.7 Å². The summed E-state index contributed by atoms with van der Waals surface area (Å²) in [4.78, 5) is -0.429. The second-order valence-electron chi connectivity index (χ2n) is 5.69. The summed E-state index contributed by atoms with van der Waals surface area (Å²) in [7, 11) is -3.02. The quantitative estimate of drug-likeness (QED) is 0.662. The maximum atomic E-state index is 14.1. The molecule has 11 heteroatoms. The first-order valence-electron chi connectivity index (χ1n) is 7.66. The number of ether oxygens (including phenoxy) is 1. The van der Waals surface area contributed by atoms with Crippen molar-refractivity contribution in [3.63, 3.8) is 0 Å². The Morgan fingerprint density at radius 2 is 1.79 bits per heavy atom. The molecule has 0 radical (unpaired) electrons. The highest BCUT2D eigenvalue weighted by Gasteiger charge is 2.36. The molecule has 0 saturated carbocycles. The van der Waals surface area contributed by atoms with Gasteiger partial charge in [0.2, 0.25) is 10.0 Å². The van der Waals surface area contributed by atoms with Crippen molar-refractivity contribution in [1.82, 2.24) is 9.78 Å². The standard InChI is InChI=1S/C17H13F4N3O3S/c1-27-14-7-6-10(8-11(14)18)13-9-16(17(19,20)21)23-24(13)12-4-2-3-5-15(12)28(22,25)26/h2-9H,1H3,(H2,22,25,26). The first-order chi connectivity index (χ1) is 13.0. The molecule has 3 rings (SSSR count). The summed E-state index contributed by atoms with van der Waals surface area (Å²) in [5.41, 5.74) is -1.62. The van der Waals surface area contributed by atoms with Crippen molar-refractivity contribution in [2.24, 2.45) is 5.14 Å². The number of alkyl halides is 3. The number of nitrogens with two attached hydrogens (primary N) is 1. The van der Waals surface area contributed by atoms with Crippen LogP contribution >= 0.6 is 0 Å². The summed E-state index contributed by atoms with van der Waals surface area (Å²) in [6, 6.07) is 9.39. The Balaban J connectivity index is 2.31. The molecule has 0 saturated heterocycles. The molecule has 0 spiro atoms. The van der Waals surface area contributed by atoms with E-state index < -0.39 is 32.6 Å². The van der Waals surface area contributed by atoms with Gasteiger partial charge in [-0.25, -0.2) is 22.6 Å². The fraction of sp³-hybridized carbons (Fsp3) is 0.118. The fourth-order valence-electron chi connectivity index (χ4n) is 2.61. The number of halogens is 4. The van der Waals surface area contributed by atoms with Gasteiger partial charge in [-0.05, 0) is 36.4 Å². The summed E-state index contributed by atoms with van der Waals surface area (Å²) in [6.07, 6.45) is -4.80. The largest absolute Gasteiger partial charge is 0.494 e. The third-order valence-electron chi connectivity index (χ3n) is 3.85. The molecule has 2 N–H and O–H groups in total. The van der Waals surface area contributed by atoms with Crippen molar-refractivity contribution in [2.75, 3.05) is 7.11 Å². The molecule has 148 valence electrons. The van der Waals surface area contributed by atoms with E-state index in [9.17, 15) is 26.0 Å². The number of benzene rings is 2. The van der Waals surface area contributed by atoms with Gasteiger partial charge in [-0.15, -0.1) is 0 Å². The lowest BCUT2D eigenvalue weighted by Crippen LogP contribution is -2.16. The molecule has 0 unspecified atom stereocenters. The number of methoxy groups -OCH3 is 1. The van der Waals surface area contributed by atoms with Gasteiger partial charge in [-0.2, -0.15) is 18.3 Å². The molecule has 6 nitrogen and oxygen atoms in total. The van der Waals surface area contributed by atoms with Crippen molar-refractivity contribution >= 4 is 10.0 Å². The monoisotopic (exact) mass is 415 g/mol. The molecule has 0 amide bonds. The van der Waals surface area contributed by atoms with Crippen LogP contribution in [0, 0.1) is 5.82 Å². The van der Waals surface area contributed by atoms with Crippen molar-refractivity contribution in [3.05, 3.63) is 60.0 Å². The Kier molecular flexibility index (Phi) is 4.90. The second kappa shape index (κ2) is 6.91. The molecule has 0 atom stereocenters. The predicted molar refractivity (Wildman–Crippen MR) is 91.9 cm³/mol. The molecule has 3 aromatic rings. The molecule has 1 heterocycles. The van der Waals surface area contributed by atoms with Crippen LogP contribution in [0.5, 0.6) is 5.75 Å². The molecule has 0 aliphatic rings. The first kappa shape index (κ1) is 19.8. The minimum Gasteiger partial charge on any atom is -0.494 e. The molecule has 1 aromatic heterocycles. The molecule has 2 aromatic carbocycles. The third kappa shape index (κ3) is 3.71. The smallest absolute Gasteiger partial charge is 0.435 e. The minimum absolute atomic E-state index is 0.0329. The summed E-state index contributed by atoms with van der Waals surface area (Å²) >= 11 is 0. The van der Waals surface area contributed by atoms with E-state index in [0.29, 0.717) is 6.07 Å². The van der Waals surface area contributed by atoms with E-state index in [-0.39, 0.29) is 22.7 Å². The zero-order chi connectivity index (χ0) is 20.7. The maximum absolute atomic E-state index is 14.1. The molecule has 28 heavy (non-hydrogen) atoms. The normalized spacial score (nSPS) is 12.2. The highest BCUT2D eigenvalue weighted by molar-refractivity contribution is 7.89. The van der Waals surface area contributed by atoms with Gasteiger partial charge in [0, 0.05) is 5.56 Å². The van der Waals surface area contributed by atoms with Gasteiger partial charge in [0.25, 0.3) is 0 Å². The van der Waals surface area contributed by atoms with E-state index in [1.54, 1.807) is 0 Å². The third-order valence-corrected chi connectivity index (χ3v) is 4.81. The average molecular weight is 415 g/mol. The number of aromatic nitrogens is 2. The summed E-state index contributed by atoms with van der Waals surface area (Å²) in [5, 5.41) is 8.66. The Morgan fingerprint density at radius 3 is 2.36 bits per heavy atom. The van der Waals surface area contributed by atoms with Crippen LogP contribution in [0.3, 0.4) is 0 Å². The van der Waals surface area contributed by atoms with Gasteiger partial charge < -0.3 is 4.74 Å². The van der Waals surface area contributed by atoms with Crippen LogP contribution in [0.25, 0.3) is 16.9 Å². The van der Waals surface area contributed by atoms with Gasteiger partial charge in [0.05, 0.1) is 18.5 Å². The second-order valence-corrected chi connectivity index (χ2v) is 7.22. The van der Waals surface area contributed by atoms with Gasteiger partial charge in [0.15, 0.2) is 17.3 Å². The minimum atomic E-state index is -4.80. The topological polar surface area (TPSA) is 87.2 Å². The highest BCUT2D eigenvalue weighted by atomic mass is 32.2. The predicted octanol–water partition coefficient (Wildman–Crippen LogP) is 3.35. The van der Waals surface area contributed by atoms with E-state index >= 15 is 0 Å². The first-order valence-corrected chi connectivity index (χ1v) is 9.20. The van der Waals surface area contributed by atoms with Crippen LogP contribution in [0.1, 0.15) is 5.69 Å². The van der Waals surface area contributed by atoms with Crippen LogP contribution < -0.4 is 9.88 Å². The summed E-state index contributed by atoms with van der Waals surface area (Å²) in [5.74, 6) is -0.906. The zero-order valence-electron chi connectivity index (χ0n) is 14.2. The lowest BCUT2D eigenvalue weighted by Gasteiger charge is -2.12. The summed E-state index contributed by atoms with van der Waals surface area (Å²) in [6.45, 7) is 0. The lowest BCUT2D eigenvalue weighted by atomic mass is 10.1. The number of hydrogen-bond donors (Lipinski definition) is 1. The van der Waals surface area contributed by atoms with E-state index in [0.717, 1.165) is 16.8 Å². The van der Waals surface area contributed by atoms with E-state index in [4.69, 9.17) is 9.88 Å². The number of hydrogen-bond acceptors (Lipinski definition) is 4. The van der Waals surface area contributed by atoms with Gasteiger partial charge >= 0.3 is 6.18 Å². The van der Waals surface area contributed by atoms with Gasteiger partial charge in [-0.3, -0.25) is 0 Å². The Hall–Kier alpha value is -2.92. The molecule has 0 fully saturated rings. The maximum Gasteiger partial charge on any atom is 0.435 e. The molecular formula is C17H13F4N3O3S. The Labute approximate surface area is 157 Å². The van der Waals surface area contributed by atoms with Crippen molar-refractivity contribution in [2.45, 2.75) is 11.1 Å². The molecule has 0 bridgehead atoms. The average Bonchev–Trinajstić information content (AvgIpc) is 3.06. The fourth-order valence-corrected chi connectivity index (χ4v) is 3.32. The van der Waals surface area contributed by atoms with E-state index in [2.05, 4.69) is 5.10 Å². The Bertz CT molecular complexity index is 1140. The highest BCUT2D eigenvalue weighted by Crippen LogP contribution is 2.35. The van der Waals surface area contributed by atoms with E-state index in [1.165, 1.54) is 37.4 Å². The van der Waals surface area contributed by atoms with Crippen LogP contribution in [-0.2, 0) is 16.2 Å². The van der Waals surface area contributed by atoms with Crippen molar-refractivity contribution in [3.8, 4) is 22.7 Å². The number of rotatable bonds is 4. The number of sulfonamides is 1. The van der Waals surface area contributed by atoms with E-state index in [1.807, 2.05) is 0 Å². The van der Waals surface area contributed by atoms with Crippen molar-refractivity contribution in [1.29, 1.82) is 0 Å². The molecule has 0 aliphatic carbocycles.